The van der Waals surface area contributed by atoms with E-state index in [1.807, 2.05) is 0 Å². The van der Waals surface area contributed by atoms with Crippen LogP contribution < -0.4 is 116 Å². The average molecular weight is 2320 g/mol. The van der Waals surface area contributed by atoms with Crippen LogP contribution in [0, 0.1) is 0 Å². The summed E-state index contributed by atoms with van der Waals surface area (Å²) in [5.74, 6) is 5.96. The van der Waals surface area contributed by atoms with Gasteiger partial charge in [0.05, 0.1) is 10.7 Å². The standard InChI is InChI=1S/2C36H28OP2.2C25H22P2.2CH2Cl2.2BF4.2Cu/c2*1-5-17-29(18-6-1)38(30-19-7-2-8-20-30)35-27-15-13-25-33(35)37-34-26-14-16-28-36(34)39(31-21-9-3-10-22-31)32-23-11-4-12-24-32;2*1-5-13-22(14-6-1)26(23-15-7-2-8-16-23)21-27(24-17-9-3-10-18-24)25-19-11-4-12-20-25;2*2-1-3;2*2-1(3,4)5;;/h2*1-28H;2*1-20H,21H2;2*1H2;;;;/q;;;;;;2*-1;2*+1. The van der Waals surface area contributed by atoms with Crippen LogP contribution in [-0.4, -0.2) is 37.0 Å². The molecule has 0 radical (unpaired) electrons. The third-order valence-corrected chi connectivity index (χ3v) is 43.9. The van der Waals surface area contributed by atoms with Crippen LogP contribution in [0.1, 0.15) is 0 Å². The fraction of sp³-hybridized carbons (Fsp3) is 0.0323. The van der Waals surface area contributed by atoms with E-state index < -0.39 is 77.9 Å². The first kappa shape index (κ1) is 119. The number of para-hydroxylation sites is 4. The van der Waals surface area contributed by atoms with Gasteiger partial charge in [-0.2, -0.15) is 0 Å². The summed E-state index contributed by atoms with van der Waals surface area (Å²) in [4.78, 5) is 0. The van der Waals surface area contributed by atoms with Crippen molar-refractivity contribution in [2.75, 3.05) is 22.5 Å². The van der Waals surface area contributed by atoms with E-state index in [0.29, 0.717) is 0 Å². The number of halogens is 12. The third kappa shape index (κ3) is 38.5. The van der Waals surface area contributed by atoms with E-state index in [1.54, 1.807) is 0 Å². The zero-order valence-electron chi connectivity index (χ0n) is 80.9. The smallest absolute Gasteiger partial charge is 0.456 e. The van der Waals surface area contributed by atoms with E-state index in [0.717, 1.165) is 23.0 Å². The maximum Gasteiger partial charge on any atom is 1.00 e. The summed E-state index contributed by atoms with van der Waals surface area (Å²) < 4.78 is 91.8. The molecule has 0 aliphatic heterocycles. The summed E-state index contributed by atoms with van der Waals surface area (Å²) in [5.41, 5.74) is 0. The number of ether oxygens (including phenoxy) is 2. The summed E-state index contributed by atoms with van der Waals surface area (Å²) in [7, 11) is -16.8. The Morgan fingerprint density at radius 3 is 0.340 bits per heavy atom. The third-order valence-electron chi connectivity index (χ3n) is 22.1. The summed E-state index contributed by atoms with van der Waals surface area (Å²) in [6, 6.07) is 209. The van der Waals surface area contributed by atoms with Gasteiger partial charge < -0.3 is 44.0 Å². The molecule has 0 saturated heterocycles. The normalized spacial score (nSPS) is 10.7. The fourth-order valence-corrected chi connectivity index (χ4v) is 38.3. The zero-order valence-corrected chi connectivity index (χ0v) is 93.0. The Hall–Kier alpha value is -10.8. The minimum Gasteiger partial charge on any atom is -0.456 e. The summed E-state index contributed by atoms with van der Waals surface area (Å²) >= 11 is 19.1. The topological polar surface area (TPSA) is 18.5 Å². The Balaban J connectivity index is 0.000000182. The van der Waals surface area contributed by atoms with Gasteiger partial charge in [0.1, 0.15) is 23.0 Å². The van der Waals surface area contributed by atoms with Crippen LogP contribution in [0.25, 0.3) is 0 Å². The fourth-order valence-electron chi connectivity index (χ4n) is 15.9. The molecule has 0 unspecified atom stereocenters. The Labute approximate surface area is 928 Å². The van der Waals surface area contributed by atoms with Gasteiger partial charge in [0, 0.05) is 33.0 Å². The van der Waals surface area contributed by atoms with E-state index in [2.05, 4.69) is 582 Å². The molecule has 0 aromatic heterocycles. The number of hydrogen-bond acceptors (Lipinski definition) is 2. The second kappa shape index (κ2) is 65.6. The molecule has 2 nitrogen and oxygen atoms in total. The van der Waals surface area contributed by atoms with Crippen molar-refractivity contribution in [3.8, 4) is 23.0 Å². The van der Waals surface area contributed by atoms with Crippen molar-refractivity contribution in [1.29, 1.82) is 0 Å². The maximum absolute atomic E-state index is 9.75. The molecular weight excluding hydrogens is 2210 g/mol. The van der Waals surface area contributed by atoms with E-state index in [9.17, 15) is 34.5 Å². The van der Waals surface area contributed by atoms with Crippen LogP contribution in [0.4, 0.5) is 34.5 Å². The molecule has 0 spiro atoms. The maximum atomic E-state index is 9.75. The molecule has 0 N–H and O–H groups in total. The molecule has 26 heteroatoms. The van der Waals surface area contributed by atoms with Crippen LogP contribution in [0.15, 0.2) is 582 Å². The van der Waals surface area contributed by atoms with Gasteiger partial charge in [-0.1, -0.05) is 558 Å². The molecule has 764 valence electrons. The van der Waals surface area contributed by atoms with Gasteiger partial charge in [-0.25, -0.2) is 0 Å². The van der Waals surface area contributed by atoms with Crippen molar-refractivity contribution in [3.63, 3.8) is 0 Å². The molecule has 20 aromatic carbocycles. The molecule has 0 aliphatic carbocycles. The molecule has 20 aromatic rings. The van der Waals surface area contributed by atoms with Crippen molar-refractivity contribution in [2.45, 2.75) is 0 Å². The summed E-state index contributed by atoms with van der Waals surface area (Å²) in [5, 5.41) is 27.3. The summed E-state index contributed by atoms with van der Waals surface area (Å²) in [6.07, 6.45) is 0. The molecule has 0 atom stereocenters. The van der Waals surface area contributed by atoms with Crippen molar-refractivity contribution >= 4 is 230 Å². The predicted octanol–water partition coefficient (Wildman–Crippen LogP) is 29.8. The van der Waals surface area contributed by atoms with Crippen LogP contribution in [0.5, 0.6) is 23.0 Å². The quantitative estimate of drug-likeness (QED) is 0.0211. The predicted molar refractivity (Wildman–Crippen MR) is 640 cm³/mol. The SMILES string of the molecule is ClCCl.ClCCl.F[B-](F)(F)F.F[B-](F)(F)F.[Cu+].[Cu+].c1ccc(P(CP(c2ccccc2)c2ccccc2)c2ccccc2)cc1.c1ccc(P(CP(c2ccccc2)c2ccccc2)c2ccccc2)cc1.c1ccc(P(c2ccccc2)c2ccccc2Oc2ccccc2P(c2ccccc2)c2ccccc2)cc1.c1ccc(P(c2ccccc2)c2ccccc2Oc2ccccc2P(c2ccccc2)c2ccccc2)cc1. The summed E-state index contributed by atoms with van der Waals surface area (Å²) in [6.45, 7) is 0. The Morgan fingerprint density at radius 1 is 0.147 bits per heavy atom. The van der Waals surface area contributed by atoms with Gasteiger partial charge >= 0.3 is 48.6 Å². The Morgan fingerprint density at radius 2 is 0.233 bits per heavy atom. The van der Waals surface area contributed by atoms with Gasteiger partial charge in [0.15, 0.2) is 0 Å². The monoisotopic (exact) mass is 2310 g/mol. The molecule has 0 bridgehead atoms. The van der Waals surface area contributed by atoms with Crippen LogP contribution in [0.3, 0.4) is 0 Å². The van der Waals surface area contributed by atoms with Crippen molar-refractivity contribution in [2.24, 2.45) is 0 Å². The first-order valence-corrected chi connectivity index (χ1v) is 60.9. The van der Waals surface area contributed by atoms with Crippen molar-refractivity contribution in [3.05, 3.63) is 582 Å². The van der Waals surface area contributed by atoms with Crippen molar-refractivity contribution < 1.29 is 78.1 Å². The minimum absolute atomic E-state index is 0. The molecule has 150 heavy (non-hydrogen) atoms. The van der Waals surface area contributed by atoms with Crippen molar-refractivity contribution in [1.82, 2.24) is 0 Å². The van der Waals surface area contributed by atoms with Gasteiger partial charge in [-0.3, -0.25) is 0 Å². The van der Waals surface area contributed by atoms with Crippen LogP contribution in [-0.2, 0) is 34.1 Å². The number of hydrogen-bond donors (Lipinski definition) is 0. The molecule has 0 aliphatic rings. The van der Waals surface area contributed by atoms with Crippen LogP contribution >= 0.6 is 110 Å². The molecule has 0 heterocycles. The Bertz CT molecular complexity index is 5950. The van der Waals surface area contributed by atoms with Crippen LogP contribution in [0.2, 0.25) is 0 Å². The number of rotatable bonds is 28. The van der Waals surface area contributed by atoms with Gasteiger partial charge in [-0.05, 0) is 173 Å². The zero-order chi connectivity index (χ0) is 104. The van der Waals surface area contributed by atoms with E-state index in [4.69, 9.17) is 55.9 Å². The molecule has 20 rings (SSSR count). The minimum atomic E-state index is -6.00. The molecule has 0 amide bonds. The Kier molecular flexibility index (Phi) is 52.2. The largest absolute Gasteiger partial charge is 1.00 e. The number of benzene rings is 20. The van der Waals surface area contributed by atoms with E-state index in [-0.39, 0.29) is 44.8 Å². The second-order valence-corrected chi connectivity index (χ2v) is 52.1. The molecule has 0 saturated carbocycles. The molecule has 0 fully saturated rings. The number of alkyl halides is 4. The second-order valence-electron chi connectivity index (χ2n) is 32.0. The van der Waals surface area contributed by atoms with E-state index in [1.165, 1.54) is 118 Å². The van der Waals surface area contributed by atoms with Gasteiger partial charge in [-0.15, -0.1) is 46.4 Å². The first-order chi connectivity index (χ1) is 72.4. The van der Waals surface area contributed by atoms with Gasteiger partial charge in [0.2, 0.25) is 0 Å². The van der Waals surface area contributed by atoms with Gasteiger partial charge in [0.25, 0.3) is 0 Å². The molecular formula is C124H104B2Cl4Cu2F8O2P8. The average Bonchev–Trinajstić information content (AvgIpc) is 0.782. The first-order valence-electron chi connectivity index (χ1n) is 47.2. The van der Waals surface area contributed by atoms with E-state index >= 15 is 0 Å².